The second-order valence-corrected chi connectivity index (χ2v) is 6.16. The molecular weight excluding hydrogens is 338 g/mol. The van der Waals surface area contributed by atoms with Crippen molar-refractivity contribution in [3.8, 4) is 28.4 Å². The van der Waals surface area contributed by atoms with Crippen molar-refractivity contribution in [2.24, 2.45) is 0 Å². The first-order chi connectivity index (χ1) is 12.7. The highest BCUT2D eigenvalue weighted by atomic mass is 19.3. The normalized spacial score (nSPS) is 13.1. The predicted octanol–water partition coefficient (Wildman–Crippen LogP) is 3.99. The molecule has 1 aliphatic heterocycles. The number of halogens is 2. The van der Waals surface area contributed by atoms with Crippen LogP contribution in [0.3, 0.4) is 0 Å². The van der Waals surface area contributed by atoms with Gasteiger partial charge in [0.25, 0.3) is 5.82 Å². The predicted molar refractivity (Wildman–Crippen MR) is 92.9 cm³/mol. The molecule has 6 heteroatoms. The highest BCUT2D eigenvalue weighted by Crippen LogP contribution is 2.29. The lowest BCUT2D eigenvalue weighted by Gasteiger charge is -2.07. The van der Waals surface area contributed by atoms with E-state index in [9.17, 15) is 8.78 Å². The van der Waals surface area contributed by atoms with Crippen molar-refractivity contribution in [1.82, 2.24) is 4.57 Å². The number of methoxy groups -OCH3 is 1. The molecule has 0 unspecified atom stereocenters. The summed E-state index contributed by atoms with van der Waals surface area (Å²) in [4.78, 5) is 0. The zero-order valence-electron chi connectivity index (χ0n) is 14.4. The molecule has 0 saturated carbocycles. The highest BCUT2D eigenvalue weighted by molar-refractivity contribution is 5.63. The van der Waals surface area contributed by atoms with Gasteiger partial charge in [-0.1, -0.05) is 0 Å². The van der Waals surface area contributed by atoms with Crippen molar-refractivity contribution in [1.29, 1.82) is 0 Å². The molecule has 1 aromatic heterocycles. The maximum atomic E-state index is 12.4. The van der Waals surface area contributed by atoms with E-state index in [1.165, 1.54) is 5.82 Å². The summed E-state index contributed by atoms with van der Waals surface area (Å²) < 4.78 is 38.9. The van der Waals surface area contributed by atoms with E-state index in [2.05, 4.69) is 20.1 Å². The fourth-order valence-electron chi connectivity index (χ4n) is 3.43. The monoisotopic (exact) mass is 357 g/mol. The maximum absolute atomic E-state index is 12.4. The molecule has 0 amide bonds. The third-order valence-electron chi connectivity index (χ3n) is 4.61. The van der Waals surface area contributed by atoms with Gasteiger partial charge in [0.1, 0.15) is 23.4 Å². The van der Waals surface area contributed by atoms with Crippen LogP contribution in [0.25, 0.3) is 16.9 Å². The Kier molecular flexibility index (Phi) is 4.32. The molecule has 0 spiro atoms. The number of imidazole rings is 1. The van der Waals surface area contributed by atoms with Gasteiger partial charge in [-0.3, -0.25) is 0 Å². The summed E-state index contributed by atoms with van der Waals surface area (Å²) in [7, 11) is 1.65. The molecule has 134 valence electrons. The number of ether oxygens (including phenoxy) is 2. The molecule has 0 fully saturated rings. The Labute approximate surface area is 150 Å². The molecule has 3 aromatic rings. The van der Waals surface area contributed by atoms with Gasteiger partial charge in [0.15, 0.2) is 5.69 Å². The van der Waals surface area contributed by atoms with E-state index in [0.717, 1.165) is 42.1 Å². The van der Waals surface area contributed by atoms with Crippen molar-refractivity contribution in [3.63, 3.8) is 0 Å². The number of benzene rings is 2. The lowest BCUT2D eigenvalue weighted by molar-refractivity contribution is -0.689. The van der Waals surface area contributed by atoms with E-state index >= 15 is 0 Å². The summed E-state index contributed by atoms with van der Waals surface area (Å²) in [6.45, 7) is -1.83. The van der Waals surface area contributed by atoms with Gasteiger partial charge >= 0.3 is 6.61 Å². The van der Waals surface area contributed by atoms with E-state index < -0.39 is 6.61 Å². The van der Waals surface area contributed by atoms with Gasteiger partial charge in [-0.25, -0.2) is 4.57 Å². The van der Waals surface area contributed by atoms with Crippen LogP contribution < -0.4 is 14.0 Å². The molecule has 0 aliphatic carbocycles. The van der Waals surface area contributed by atoms with Crippen LogP contribution in [0.15, 0.2) is 54.7 Å². The van der Waals surface area contributed by atoms with E-state index in [4.69, 9.17) is 4.74 Å². The van der Waals surface area contributed by atoms with Gasteiger partial charge in [-0.2, -0.15) is 13.3 Å². The van der Waals surface area contributed by atoms with Crippen molar-refractivity contribution < 1.29 is 22.8 Å². The molecule has 0 atom stereocenters. The van der Waals surface area contributed by atoms with Crippen LogP contribution in [0.5, 0.6) is 11.5 Å². The first-order valence-electron chi connectivity index (χ1n) is 8.49. The summed E-state index contributed by atoms with van der Waals surface area (Å²) >= 11 is 0. The smallest absolute Gasteiger partial charge is 0.387 e. The zero-order chi connectivity index (χ0) is 18.1. The Hall–Kier alpha value is -2.89. The van der Waals surface area contributed by atoms with Crippen molar-refractivity contribution >= 4 is 0 Å². The van der Waals surface area contributed by atoms with Gasteiger partial charge in [0.05, 0.1) is 20.1 Å². The molecule has 4 nitrogen and oxygen atoms in total. The van der Waals surface area contributed by atoms with Crippen LogP contribution in [0.4, 0.5) is 8.78 Å². The summed E-state index contributed by atoms with van der Waals surface area (Å²) in [5.74, 6) is 2.20. The van der Waals surface area contributed by atoms with Crippen LogP contribution in [-0.2, 0) is 13.0 Å². The van der Waals surface area contributed by atoms with Crippen LogP contribution in [0.2, 0.25) is 0 Å². The summed E-state index contributed by atoms with van der Waals surface area (Å²) in [6, 6.07) is 14.7. The van der Waals surface area contributed by atoms with Crippen LogP contribution in [0, 0.1) is 0 Å². The molecule has 0 bridgehead atoms. The number of aromatic nitrogens is 2. The first kappa shape index (κ1) is 16.6. The molecule has 0 saturated heterocycles. The van der Waals surface area contributed by atoms with Gasteiger partial charge in [0.2, 0.25) is 0 Å². The topological polar surface area (TPSA) is 27.3 Å². The lowest BCUT2D eigenvalue weighted by Crippen LogP contribution is -2.30. The highest BCUT2D eigenvalue weighted by Gasteiger charge is 2.29. The third-order valence-corrected chi connectivity index (χ3v) is 4.61. The average molecular weight is 357 g/mol. The van der Waals surface area contributed by atoms with Gasteiger partial charge in [0, 0.05) is 5.56 Å². The largest absolute Gasteiger partial charge is 0.497 e. The lowest BCUT2D eigenvalue weighted by atomic mass is 10.1. The van der Waals surface area contributed by atoms with E-state index in [0.29, 0.717) is 0 Å². The minimum Gasteiger partial charge on any atom is -0.497 e. The molecule has 26 heavy (non-hydrogen) atoms. The molecule has 0 N–H and O–H groups in total. The van der Waals surface area contributed by atoms with Crippen molar-refractivity contribution in [2.75, 3.05) is 7.11 Å². The Morgan fingerprint density at radius 3 is 2.35 bits per heavy atom. The molecule has 0 radical (unpaired) electrons. The van der Waals surface area contributed by atoms with E-state index in [1.807, 2.05) is 36.4 Å². The quantitative estimate of drug-likeness (QED) is 0.646. The standard InChI is InChI=1S/C20H19F2N2O2/c1-25-16-10-6-15(7-11-16)24-18(13-23-12-2-3-19(23)24)14-4-8-17(9-5-14)26-20(21)22/h4-11,13,20H,2-3,12H2,1H3/q+1. The first-order valence-corrected chi connectivity index (χ1v) is 8.49. The van der Waals surface area contributed by atoms with Crippen LogP contribution in [0.1, 0.15) is 12.2 Å². The van der Waals surface area contributed by atoms with Gasteiger partial charge in [-0.05, 0) is 55.0 Å². The second kappa shape index (κ2) is 6.78. The maximum Gasteiger partial charge on any atom is 0.387 e. The molecule has 2 heterocycles. The molecular formula is C20H19F2N2O2+. The van der Waals surface area contributed by atoms with Gasteiger partial charge in [-0.15, -0.1) is 0 Å². The van der Waals surface area contributed by atoms with Crippen LogP contribution >= 0.6 is 0 Å². The zero-order valence-corrected chi connectivity index (χ0v) is 14.4. The number of nitrogens with zero attached hydrogens (tertiary/aromatic N) is 2. The molecule has 1 aliphatic rings. The summed E-state index contributed by atoms with van der Waals surface area (Å²) in [6.07, 6.45) is 4.24. The summed E-state index contributed by atoms with van der Waals surface area (Å²) in [5.41, 5.74) is 3.02. The number of rotatable bonds is 5. The fourth-order valence-corrected chi connectivity index (χ4v) is 3.43. The van der Waals surface area contributed by atoms with Crippen molar-refractivity contribution in [3.05, 3.63) is 60.6 Å². The second-order valence-electron chi connectivity index (χ2n) is 6.16. The van der Waals surface area contributed by atoms with Crippen molar-refractivity contribution in [2.45, 2.75) is 26.0 Å². The fraction of sp³-hybridized carbons (Fsp3) is 0.250. The minimum atomic E-state index is -2.82. The number of hydrogen-bond acceptors (Lipinski definition) is 2. The Morgan fingerprint density at radius 2 is 1.69 bits per heavy atom. The molecule has 4 rings (SSSR count). The Morgan fingerprint density at radius 1 is 1.00 bits per heavy atom. The number of aryl methyl sites for hydroxylation is 1. The summed E-state index contributed by atoms with van der Waals surface area (Å²) in [5, 5.41) is 0. The van der Waals surface area contributed by atoms with Crippen LogP contribution in [-0.4, -0.2) is 18.3 Å². The number of alkyl halides is 2. The Bertz CT molecular complexity index is 903. The average Bonchev–Trinajstić information content (AvgIpc) is 3.23. The SMILES string of the molecule is COc1ccc(-n2c(-c3ccc(OC(F)F)cc3)c[n+]3c2CCC3)cc1. The minimum absolute atomic E-state index is 0.159. The number of fused-ring (bicyclic) bond motifs is 1. The van der Waals surface area contributed by atoms with E-state index in [-0.39, 0.29) is 5.75 Å². The molecule has 2 aromatic carbocycles. The number of hydrogen-bond donors (Lipinski definition) is 0. The van der Waals surface area contributed by atoms with E-state index in [1.54, 1.807) is 19.2 Å². The Balaban J connectivity index is 1.76. The third kappa shape index (κ3) is 3.03. The van der Waals surface area contributed by atoms with Gasteiger partial charge < -0.3 is 9.47 Å².